The summed E-state index contributed by atoms with van der Waals surface area (Å²) >= 11 is 5.27. The minimum atomic E-state index is -0.113. The fraction of sp³-hybridized carbons (Fsp3) is 0.600. The topological polar surface area (TPSA) is 71.6 Å². The van der Waals surface area contributed by atoms with Crippen molar-refractivity contribution in [1.29, 1.82) is 0 Å². The number of ether oxygens (including phenoxy) is 2. The Balaban J connectivity index is 1.60. The van der Waals surface area contributed by atoms with Gasteiger partial charge in [-0.2, -0.15) is 0 Å². The molecule has 1 saturated carbocycles. The Hall–Kier alpha value is -2.02. The molecule has 6 nitrogen and oxygen atoms in total. The predicted octanol–water partition coefficient (Wildman–Crippen LogP) is 3.32. The number of benzene rings is 1. The summed E-state index contributed by atoms with van der Waals surface area (Å²) in [5.74, 6) is 1.91. The Labute approximate surface area is 167 Å². The van der Waals surface area contributed by atoms with Crippen LogP contribution in [0, 0.1) is 5.92 Å². The lowest BCUT2D eigenvalue weighted by atomic mass is 9.86. The van der Waals surface area contributed by atoms with Gasteiger partial charge in [0.15, 0.2) is 16.6 Å². The summed E-state index contributed by atoms with van der Waals surface area (Å²) < 4.78 is 11.2. The first-order valence-corrected chi connectivity index (χ1v) is 10.2. The van der Waals surface area contributed by atoms with E-state index in [1.165, 1.54) is 19.3 Å². The van der Waals surface area contributed by atoms with Crippen molar-refractivity contribution < 1.29 is 14.3 Å². The second-order valence-electron chi connectivity index (χ2n) is 6.85. The quantitative estimate of drug-likeness (QED) is 0.358. The molecule has 1 aromatic rings. The van der Waals surface area contributed by atoms with E-state index in [2.05, 4.69) is 23.1 Å². The lowest BCUT2D eigenvalue weighted by molar-refractivity contribution is -0.121. The number of rotatable bonds is 8. The molecule has 2 unspecified atom stereocenters. The van der Waals surface area contributed by atoms with Crippen molar-refractivity contribution in [2.75, 3.05) is 13.2 Å². The number of hydrazine groups is 1. The molecular formula is C20H31N3O3S. The normalized spacial score (nSPS) is 19.0. The Morgan fingerprint density at radius 2 is 1.85 bits per heavy atom. The van der Waals surface area contributed by atoms with Crippen molar-refractivity contribution in [2.45, 2.75) is 58.4 Å². The molecule has 1 fully saturated rings. The van der Waals surface area contributed by atoms with Gasteiger partial charge in [0.05, 0.1) is 13.2 Å². The van der Waals surface area contributed by atoms with Gasteiger partial charge < -0.3 is 14.8 Å². The van der Waals surface area contributed by atoms with Crippen LogP contribution in [-0.4, -0.2) is 30.3 Å². The highest BCUT2D eigenvalue weighted by molar-refractivity contribution is 7.80. The molecular weight excluding hydrogens is 362 g/mol. The summed E-state index contributed by atoms with van der Waals surface area (Å²) in [6.07, 6.45) is 5.81. The van der Waals surface area contributed by atoms with Crippen molar-refractivity contribution in [3.05, 3.63) is 24.3 Å². The number of carbonyl (C=O) groups is 1. The van der Waals surface area contributed by atoms with Gasteiger partial charge in [-0.25, -0.2) is 0 Å². The van der Waals surface area contributed by atoms with Crippen LogP contribution in [0.1, 0.15) is 52.4 Å². The van der Waals surface area contributed by atoms with E-state index in [0.29, 0.717) is 48.9 Å². The first-order chi connectivity index (χ1) is 13.1. The van der Waals surface area contributed by atoms with Crippen molar-refractivity contribution in [2.24, 2.45) is 5.92 Å². The van der Waals surface area contributed by atoms with Crippen LogP contribution in [0.5, 0.6) is 11.5 Å². The van der Waals surface area contributed by atoms with Crippen LogP contribution in [-0.2, 0) is 4.79 Å². The molecule has 27 heavy (non-hydrogen) atoms. The average molecular weight is 394 g/mol. The van der Waals surface area contributed by atoms with Gasteiger partial charge in [0, 0.05) is 12.5 Å². The summed E-state index contributed by atoms with van der Waals surface area (Å²) in [5, 5.41) is 3.77. The van der Waals surface area contributed by atoms with Gasteiger partial charge in [-0.05, 0) is 56.5 Å². The molecule has 1 amide bonds. The summed E-state index contributed by atoms with van der Waals surface area (Å²) in [6, 6.07) is 7.92. The van der Waals surface area contributed by atoms with E-state index in [1.807, 2.05) is 31.2 Å². The van der Waals surface area contributed by atoms with E-state index in [4.69, 9.17) is 21.7 Å². The molecule has 3 N–H and O–H groups in total. The molecule has 0 aliphatic heterocycles. The van der Waals surface area contributed by atoms with Crippen LogP contribution < -0.4 is 25.6 Å². The highest BCUT2D eigenvalue weighted by atomic mass is 32.1. The Morgan fingerprint density at radius 3 is 2.56 bits per heavy atom. The van der Waals surface area contributed by atoms with Crippen molar-refractivity contribution in [1.82, 2.24) is 16.2 Å². The number of para-hydroxylation sites is 2. The summed E-state index contributed by atoms with van der Waals surface area (Å²) in [7, 11) is 0. The fourth-order valence-corrected chi connectivity index (χ4v) is 3.39. The third kappa shape index (κ3) is 7.62. The van der Waals surface area contributed by atoms with Crippen molar-refractivity contribution in [3.63, 3.8) is 0 Å². The molecule has 0 bridgehead atoms. The van der Waals surface area contributed by atoms with Crippen LogP contribution in [0.25, 0.3) is 0 Å². The van der Waals surface area contributed by atoms with Crippen molar-refractivity contribution in [3.8, 4) is 11.5 Å². The van der Waals surface area contributed by atoms with Crippen LogP contribution in [0.3, 0.4) is 0 Å². The van der Waals surface area contributed by atoms with Gasteiger partial charge in [-0.15, -0.1) is 0 Å². The molecule has 0 aromatic heterocycles. The molecule has 2 rings (SSSR count). The molecule has 1 aromatic carbocycles. The monoisotopic (exact) mass is 393 g/mol. The van der Waals surface area contributed by atoms with Gasteiger partial charge in [-0.3, -0.25) is 15.6 Å². The average Bonchev–Trinajstić information content (AvgIpc) is 2.67. The van der Waals surface area contributed by atoms with E-state index in [9.17, 15) is 4.79 Å². The number of hydrogen-bond donors (Lipinski definition) is 3. The molecule has 150 valence electrons. The largest absolute Gasteiger partial charge is 0.490 e. The minimum Gasteiger partial charge on any atom is -0.490 e. The summed E-state index contributed by atoms with van der Waals surface area (Å²) in [6.45, 7) is 5.20. The summed E-state index contributed by atoms with van der Waals surface area (Å²) in [5.41, 5.74) is 5.44. The molecule has 0 heterocycles. The lowest BCUT2D eigenvalue weighted by Crippen LogP contribution is -2.51. The zero-order valence-electron chi connectivity index (χ0n) is 16.3. The highest BCUT2D eigenvalue weighted by Gasteiger charge is 2.21. The van der Waals surface area contributed by atoms with Crippen LogP contribution >= 0.6 is 12.2 Å². The second kappa shape index (κ2) is 11.6. The number of nitrogens with one attached hydrogen (secondary N) is 3. The van der Waals surface area contributed by atoms with E-state index >= 15 is 0 Å². The number of carbonyl (C=O) groups excluding carboxylic acids is 1. The first-order valence-electron chi connectivity index (χ1n) is 9.80. The molecule has 7 heteroatoms. The zero-order valence-corrected chi connectivity index (χ0v) is 17.1. The van der Waals surface area contributed by atoms with Gasteiger partial charge >= 0.3 is 0 Å². The van der Waals surface area contributed by atoms with Gasteiger partial charge in [0.2, 0.25) is 5.91 Å². The molecule has 0 radical (unpaired) electrons. The highest BCUT2D eigenvalue weighted by Crippen LogP contribution is 2.26. The molecule has 0 spiro atoms. The molecule has 1 aliphatic carbocycles. The maximum absolute atomic E-state index is 11.9. The SMILES string of the molecule is CCOc1ccccc1OCCCC(=O)NNC(=S)NC1CCCCC1C. The number of hydrogen-bond acceptors (Lipinski definition) is 4. The van der Waals surface area contributed by atoms with Crippen LogP contribution in [0.15, 0.2) is 24.3 Å². The standard InChI is InChI=1S/C20H31N3O3S/c1-3-25-17-11-6-7-12-18(17)26-14-8-13-19(24)22-23-20(27)21-16-10-5-4-9-15(16)2/h6-7,11-12,15-16H,3-5,8-10,13-14H2,1-2H3,(H,22,24)(H2,21,23,27). The predicted molar refractivity (Wildman–Crippen MR) is 111 cm³/mol. The minimum absolute atomic E-state index is 0.113. The Bertz CT molecular complexity index is 612. The van der Waals surface area contributed by atoms with Crippen LogP contribution in [0.4, 0.5) is 0 Å². The lowest BCUT2D eigenvalue weighted by Gasteiger charge is -2.30. The van der Waals surface area contributed by atoms with E-state index in [1.54, 1.807) is 0 Å². The molecule has 0 saturated heterocycles. The number of thiocarbonyl (C=S) groups is 1. The van der Waals surface area contributed by atoms with E-state index < -0.39 is 0 Å². The van der Waals surface area contributed by atoms with Gasteiger partial charge in [-0.1, -0.05) is 31.9 Å². The molecule has 1 aliphatic rings. The second-order valence-corrected chi connectivity index (χ2v) is 7.25. The summed E-state index contributed by atoms with van der Waals surface area (Å²) in [4.78, 5) is 11.9. The number of amides is 1. The Kier molecular flexibility index (Phi) is 9.18. The van der Waals surface area contributed by atoms with Crippen LogP contribution in [0.2, 0.25) is 0 Å². The fourth-order valence-electron chi connectivity index (χ4n) is 3.18. The third-order valence-corrected chi connectivity index (χ3v) is 4.92. The van der Waals surface area contributed by atoms with Crippen molar-refractivity contribution >= 4 is 23.2 Å². The van der Waals surface area contributed by atoms with E-state index in [0.717, 1.165) is 12.2 Å². The zero-order chi connectivity index (χ0) is 19.5. The van der Waals surface area contributed by atoms with E-state index in [-0.39, 0.29) is 5.91 Å². The Morgan fingerprint density at radius 1 is 1.15 bits per heavy atom. The molecule has 2 atom stereocenters. The maximum atomic E-state index is 11.9. The first kappa shape index (κ1) is 21.3. The maximum Gasteiger partial charge on any atom is 0.238 e. The van der Waals surface area contributed by atoms with Gasteiger partial charge in [0.25, 0.3) is 0 Å². The smallest absolute Gasteiger partial charge is 0.238 e. The van der Waals surface area contributed by atoms with Gasteiger partial charge in [0.1, 0.15) is 0 Å². The third-order valence-electron chi connectivity index (χ3n) is 4.70.